The van der Waals surface area contributed by atoms with Gasteiger partial charge in [0.15, 0.2) is 0 Å². The first-order valence-electron chi connectivity index (χ1n) is 7.86. The summed E-state index contributed by atoms with van der Waals surface area (Å²) in [6.07, 6.45) is 0. The monoisotopic (exact) mass is 315 g/mol. The first-order chi connectivity index (χ1) is 11.7. The molecule has 0 fully saturated rings. The molecule has 4 aromatic rings. The van der Waals surface area contributed by atoms with Gasteiger partial charge >= 0.3 is 0 Å². The topological polar surface area (TPSA) is 46.9 Å². The molecular formula is C20H17N3O. The number of aryl methyl sites for hydroxylation is 1. The number of anilines is 1. The van der Waals surface area contributed by atoms with Gasteiger partial charge in [-0.25, -0.2) is 4.98 Å². The first-order valence-corrected chi connectivity index (χ1v) is 7.86. The quantitative estimate of drug-likeness (QED) is 0.572. The lowest BCUT2D eigenvalue weighted by Crippen LogP contribution is -2.21. The van der Waals surface area contributed by atoms with Gasteiger partial charge in [0, 0.05) is 25.3 Å². The molecule has 1 N–H and O–H groups in total. The molecule has 4 heteroatoms. The van der Waals surface area contributed by atoms with Crippen LogP contribution in [0.3, 0.4) is 0 Å². The Labute approximate surface area is 139 Å². The molecule has 4 nitrogen and oxygen atoms in total. The fraction of sp³-hybridized carbons (Fsp3) is 0.100. The smallest absolute Gasteiger partial charge is 0.277 e. The van der Waals surface area contributed by atoms with E-state index < -0.39 is 0 Å². The molecule has 0 atom stereocenters. The molecule has 118 valence electrons. The number of benzene rings is 3. The molecule has 4 rings (SSSR count). The molecule has 0 aliphatic rings. The maximum absolute atomic E-state index is 12.9. The van der Waals surface area contributed by atoms with Crippen LogP contribution in [-0.2, 0) is 7.05 Å². The van der Waals surface area contributed by atoms with Crippen molar-refractivity contribution >= 4 is 27.5 Å². The lowest BCUT2D eigenvalue weighted by Gasteiger charge is -2.12. The van der Waals surface area contributed by atoms with Crippen molar-refractivity contribution in [3.63, 3.8) is 0 Å². The van der Waals surface area contributed by atoms with Crippen molar-refractivity contribution < 1.29 is 0 Å². The average Bonchev–Trinajstić information content (AvgIpc) is 2.63. The molecule has 0 amide bonds. The second-order valence-electron chi connectivity index (χ2n) is 5.81. The zero-order chi connectivity index (χ0) is 16.7. The number of hydrogen-bond acceptors (Lipinski definition) is 3. The zero-order valence-electron chi connectivity index (χ0n) is 13.6. The minimum Gasteiger partial charge on any atom is -0.388 e. The summed E-state index contributed by atoms with van der Waals surface area (Å²) in [6, 6.07) is 19.9. The number of para-hydroxylation sites is 1. The number of aromatic nitrogens is 2. The van der Waals surface area contributed by atoms with Crippen molar-refractivity contribution in [3.8, 4) is 11.3 Å². The molecule has 0 spiro atoms. The number of nitrogens with zero attached hydrogens (tertiary/aromatic N) is 2. The summed E-state index contributed by atoms with van der Waals surface area (Å²) in [4.78, 5) is 17.6. The molecule has 0 unspecified atom stereocenters. The zero-order valence-corrected chi connectivity index (χ0v) is 13.6. The number of hydrogen-bond donors (Lipinski definition) is 1. The van der Waals surface area contributed by atoms with Crippen molar-refractivity contribution in [3.05, 3.63) is 71.0 Å². The summed E-state index contributed by atoms with van der Waals surface area (Å²) in [5.41, 5.74) is 3.73. The largest absolute Gasteiger partial charge is 0.388 e. The van der Waals surface area contributed by atoms with Crippen molar-refractivity contribution in [1.82, 2.24) is 9.55 Å². The van der Waals surface area contributed by atoms with Crippen LogP contribution in [0.25, 0.3) is 33.1 Å². The van der Waals surface area contributed by atoms with Crippen molar-refractivity contribution in [1.29, 1.82) is 0 Å². The van der Waals surface area contributed by atoms with Gasteiger partial charge in [0.25, 0.3) is 5.56 Å². The predicted molar refractivity (Wildman–Crippen MR) is 99.5 cm³/mol. The SMILES string of the molecule is CNc1ccccc1-c1nc2cc3ccccc3cc2n(C)c1=O. The third-order valence-electron chi connectivity index (χ3n) is 4.40. The van der Waals surface area contributed by atoms with E-state index in [0.29, 0.717) is 5.69 Å². The summed E-state index contributed by atoms with van der Waals surface area (Å²) in [6.45, 7) is 0. The molecule has 1 aromatic heterocycles. The Morgan fingerprint density at radius 1 is 0.958 bits per heavy atom. The van der Waals surface area contributed by atoms with E-state index >= 15 is 0 Å². The van der Waals surface area contributed by atoms with Crippen LogP contribution in [-0.4, -0.2) is 16.6 Å². The number of rotatable bonds is 2. The summed E-state index contributed by atoms with van der Waals surface area (Å²) >= 11 is 0. The van der Waals surface area contributed by atoms with E-state index in [2.05, 4.69) is 11.4 Å². The van der Waals surface area contributed by atoms with Crippen LogP contribution in [0.2, 0.25) is 0 Å². The van der Waals surface area contributed by atoms with Crippen LogP contribution >= 0.6 is 0 Å². The Morgan fingerprint density at radius 2 is 1.62 bits per heavy atom. The van der Waals surface area contributed by atoms with Gasteiger partial charge in [0.1, 0.15) is 5.69 Å². The average molecular weight is 315 g/mol. The van der Waals surface area contributed by atoms with Crippen LogP contribution in [0.5, 0.6) is 0 Å². The lowest BCUT2D eigenvalue weighted by molar-refractivity contribution is 0.896. The Balaban J connectivity index is 2.09. The van der Waals surface area contributed by atoms with Gasteiger partial charge < -0.3 is 9.88 Å². The molecule has 1 heterocycles. The van der Waals surface area contributed by atoms with Gasteiger partial charge in [-0.3, -0.25) is 4.79 Å². The fourth-order valence-corrected chi connectivity index (χ4v) is 3.09. The third kappa shape index (κ3) is 2.15. The summed E-state index contributed by atoms with van der Waals surface area (Å²) < 4.78 is 1.68. The molecule has 0 aliphatic heterocycles. The van der Waals surface area contributed by atoms with Crippen LogP contribution in [0.4, 0.5) is 5.69 Å². The number of nitrogens with one attached hydrogen (secondary N) is 1. The minimum atomic E-state index is -0.0968. The molecule has 0 saturated carbocycles. The van der Waals surface area contributed by atoms with Gasteiger partial charge in [0.2, 0.25) is 0 Å². The highest BCUT2D eigenvalue weighted by Gasteiger charge is 2.14. The molecule has 0 aliphatic carbocycles. The van der Waals surface area contributed by atoms with Crippen LogP contribution < -0.4 is 10.9 Å². The van der Waals surface area contributed by atoms with E-state index in [1.165, 1.54) is 0 Å². The van der Waals surface area contributed by atoms with E-state index in [1.54, 1.807) is 11.6 Å². The number of fused-ring (bicyclic) bond motifs is 2. The van der Waals surface area contributed by atoms with Gasteiger partial charge in [0.05, 0.1) is 11.0 Å². The van der Waals surface area contributed by atoms with Crippen LogP contribution in [0.1, 0.15) is 0 Å². The molecule has 0 saturated heterocycles. The van der Waals surface area contributed by atoms with Crippen molar-refractivity contribution in [2.45, 2.75) is 0 Å². The predicted octanol–water partition coefficient (Wildman–Crippen LogP) is 3.80. The van der Waals surface area contributed by atoms with E-state index in [-0.39, 0.29) is 5.56 Å². The molecule has 3 aromatic carbocycles. The normalized spacial score (nSPS) is 11.1. The van der Waals surface area contributed by atoms with Crippen molar-refractivity contribution in [2.24, 2.45) is 7.05 Å². The van der Waals surface area contributed by atoms with Gasteiger partial charge in [-0.15, -0.1) is 0 Å². The summed E-state index contributed by atoms with van der Waals surface area (Å²) in [5.74, 6) is 0. The lowest BCUT2D eigenvalue weighted by atomic mass is 10.1. The van der Waals surface area contributed by atoms with Crippen LogP contribution in [0.15, 0.2) is 65.5 Å². The minimum absolute atomic E-state index is 0.0968. The van der Waals surface area contributed by atoms with Gasteiger partial charge in [-0.1, -0.05) is 42.5 Å². The highest BCUT2D eigenvalue weighted by molar-refractivity contribution is 5.95. The molecular weight excluding hydrogens is 298 g/mol. The Morgan fingerprint density at radius 3 is 2.38 bits per heavy atom. The van der Waals surface area contributed by atoms with E-state index in [9.17, 15) is 4.79 Å². The van der Waals surface area contributed by atoms with Gasteiger partial charge in [-0.2, -0.15) is 0 Å². The molecule has 0 radical (unpaired) electrons. The van der Waals surface area contributed by atoms with E-state index in [4.69, 9.17) is 4.98 Å². The summed E-state index contributed by atoms with van der Waals surface area (Å²) in [7, 11) is 3.64. The van der Waals surface area contributed by atoms with Crippen LogP contribution in [0, 0.1) is 0 Å². The first kappa shape index (κ1) is 14.5. The Bertz CT molecular complexity index is 1130. The highest BCUT2D eigenvalue weighted by atomic mass is 16.1. The van der Waals surface area contributed by atoms with Crippen molar-refractivity contribution in [2.75, 3.05) is 12.4 Å². The summed E-state index contributed by atoms with van der Waals surface area (Å²) in [5, 5.41) is 5.35. The van der Waals surface area contributed by atoms with E-state index in [1.807, 2.05) is 61.6 Å². The van der Waals surface area contributed by atoms with E-state index in [0.717, 1.165) is 33.1 Å². The van der Waals surface area contributed by atoms with Gasteiger partial charge in [-0.05, 0) is 29.0 Å². The Kier molecular flexibility index (Phi) is 3.31. The fourth-order valence-electron chi connectivity index (χ4n) is 3.09. The maximum Gasteiger partial charge on any atom is 0.277 e. The maximum atomic E-state index is 12.9. The second-order valence-corrected chi connectivity index (χ2v) is 5.81. The molecule has 0 bridgehead atoms. The molecule has 24 heavy (non-hydrogen) atoms. The standard InChI is InChI=1S/C20H17N3O/c1-21-16-10-6-5-9-15(16)19-20(24)23(2)18-12-14-8-4-3-7-13(14)11-17(18)22-19/h3-12,21H,1-2H3. The second kappa shape index (κ2) is 5.49. The third-order valence-corrected chi connectivity index (χ3v) is 4.40. The highest BCUT2D eigenvalue weighted by Crippen LogP contribution is 2.26. The Hall–Kier alpha value is -3.14.